The summed E-state index contributed by atoms with van der Waals surface area (Å²) < 4.78 is 18.0. The largest absolute Gasteiger partial charge is 0.489 e. The molecule has 1 fully saturated rings. The molecule has 37 heavy (non-hydrogen) atoms. The van der Waals surface area contributed by atoms with Gasteiger partial charge in [0.1, 0.15) is 24.7 Å². The standard InChI is InChI=1S/C32H24O5/c33-31-29-25-21-13-7-8-14-22(21)26(30(29)32(34)37-31)28-24(36-18-20-11-5-2-6-12-20)16-15-23(27(25)28)35-17-19-9-3-1-4-10-19/h1-16,25-26,29-30H,17-18H2/t25-,26+,29-,30+. The molecule has 4 aromatic carbocycles. The lowest BCUT2D eigenvalue weighted by atomic mass is 9.54. The Kier molecular flexibility index (Phi) is 5.10. The number of cyclic esters (lactones) is 2. The van der Waals surface area contributed by atoms with Crippen LogP contribution in [0.1, 0.15) is 45.2 Å². The highest BCUT2D eigenvalue weighted by Crippen LogP contribution is 2.64. The van der Waals surface area contributed by atoms with Gasteiger partial charge in [-0.1, -0.05) is 84.9 Å². The molecule has 0 radical (unpaired) electrons. The Balaban J connectivity index is 1.38. The second-order valence-corrected chi connectivity index (χ2v) is 9.81. The molecule has 4 aliphatic rings. The van der Waals surface area contributed by atoms with Crippen LogP contribution in [0.4, 0.5) is 0 Å². The van der Waals surface area contributed by atoms with Gasteiger partial charge in [0.05, 0.1) is 11.8 Å². The van der Waals surface area contributed by atoms with E-state index in [4.69, 9.17) is 14.2 Å². The third-order valence-electron chi connectivity index (χ3n) is 7.82. The molecule has 2 bridgehead atoms. The number of esters is 2. The summed E-state index contributed by atoms with van der Waals surface area (Å²) in [5, 5.41) is 0. The number of ether oxygens (including phenoxy) is 3. The van der Waals surface area contributed by atoms with Gasteiger partial charge in [-0.15, -0.1) is 0 Å². The van der Waals surface area contributed by atoms with Crippen molar-refractivity contribution in [2.75, 3.05) is 0 Å². The molecule has 3 aliphatic carbocycles. The molecule has 4 aromatic rings. The van der Waals surface area contributed by atoms with E-state index in [1.165, 1.54) is 0 Å². The van der Waals surface area contributed by atoms with E-state index in [2.05, 4.69) is 12.1 Å². The maximum Gasteiger partial charge on any atom is 0.318 e. The average molecular weight is 489 g/mol. The van der Waals surface area contributed by atoms with E-state index in [0.29, 0.717) is 24.7 Å². The zero-order valence-corrected chi connectivity index (χ0v) is 20.0. The third-order valence-corrected chi connectivity index (χ3v) is 7.82. The summed E-state index contributed by atoms with van der Waals surface area (Å²) in [6.45, 7) is 0.794. The SMILES string of the molecule is O=C1OC(=O)[C@H]2[C@H]3c4ccccc4[C@H](c4c(OCc5ccccc5)ccc(OCc5ccccc5)c43)[C@@H]12. The minimum Gasteiger partial charge on any atom is -0.489 e. The van der Waals surface area contributed by atoms with Crippen molar-refractivity contribution in [2.24, 2.45) is 11.8 Å². The summed E-state index contributed by atoms with van der Waals surface area (Å²) in [4.78, 5) is 26.0. The number of carbonyl (C=O) groups excluding carboxylic acids is 2. The van der Waals surface area contributed by atoms with Crippen molar-refractivity contribution < 1.29 is 23.8 Å². The lowest BCUT2D eigenvalue weighted by molar-refractivity contribution is -0.153. The van der Waals surface area contributed by atoms with E-state index >= 15 is 0 Å². The molecule has 1 saturated heterocycles. The molecule has 0 N–H and O–H groups in total. The highest BCUT2D eigenvalue weighted by atomic mass is 16.6. The molecule has 0 aromatic heterocycles. The molecule has 0 saturated carbocycles. The Labute approximate surface area is 214 Å². The summed E-state index contributed by atoms with van der Waals surface area (Å²) in [6, 6.07) is 31.9. The van der Waals surface area contributed by atoms with Crippen molar-refractivity contribution in [1.29, 1.82) is 0 Å². The fourth-order valence-electron chi connectivity index (χ4n) is 6.31. The van der Waals surface area contributed by atoms with Crippen LogP contribution in [0.3, 0.4) is 0 Å². The number of benzene rings is 4. The van der Waals surface area contributed by atoms with Gasteiger partial charge >= 0.3 is 11.9 Å². The first-order chi connectivity index (χ1) is 18.2. The molecule has 0 unspecified atom stereocenters. The molecular weight excluding hydrogens is 464 g/mol. The topological polar surface area (TPSA) is 61.8 Å². The van der Waals surface area contributed by atoms with Gasteiger partial charge in [-0.25, -0.2) is 0 Å². The first kappa shape index (κ1) is 21.9. The summed E-state index contributed by atoms with van der Waals surface area (Å²) in [5.41, 5.74) is 6.07. The van der Waals surface area contributed by atoms with Crippen molar-refractivity contribution in [3.05, 3.63) is 130 Å². The maximum absolute atomic E-state index is 13.0. The lowest BCUT2D eigenvalue weighted by Gasteiger charge is -2.46. The van der Waals surface area contributed by atoms with Crippen molar-refractivity contribution >= 4 is 11.9 Å². The van der Waals surface area contributed by atoms with Crippen LogP contribution in [0, 0.1) is 11.8 Å². The summed E-state index contributed by atoms with van der Waals surface area (Å²) in [7, 11) is 0. The van der Waals surface area contributed by atoms with Crippen LogP contribution in [0.5, 0.6) is 11.5 Å². The summed E-state index contributed by atoms with van der Waals surface area (Å²) in [5.74, 6) is -1.30. The fraction of sp³-hybridized carbons (Fsp3) is 0.188. The number of rotatable bonds is 6. The number of hydrogen-bond acceptors (Lipinski definition) is 5. The minimum atomic E-state index is -0.566. The summed E-state index contributed by atoms with van der Waals surface area (Å²) in [6.07, 6.45) is 0. The molecule has 1 heterocycles. The van der Waals surface area contributed by atoms with E-state index in [-0.39, 0.29) is 11.8 Å². The number of carbonyl (C=O) groups is 2. The molecule has 5 heteroatoms. The Bertz CT molecular complexity index is 1400. The van der Waals surface area contributed by atoms with Gasteiger partial charge in [0.15, 0.2) is 0 Å². The zero-order chi connectivity index (χ0) is 24.9. The van der Waals surface area contributed by atoms with Gasteiger partial charge in [-0.05, 0) is 34.4 Å². The van der Waals surface area contributed by atoms with Gasteiger partial charge in [-0.2, -0.15) is 0 Å². The normalized spacial score (nSPS) is 22.6. The van der Waals surface area contributed by atoms with Crippen LogP contribution in [-0.4, -0.2) is 11.9 Å². The Morgan fingerprint density at radius 3 is 1.38 bits per heavy atom. The van der Waals surface area contributed by atoms with E-state index in [1.807, 2.05) is 84.9 Å². The maximum atomic E-state index is 13.0. The van der Waals surface area contributed by atoms with Crippen molar-refractivity contribution in [3.8, 4) is 11.5 Å². The van der Waals surface area contributed by atoms with Gasteiger partial charge in [-0.3, -0.25) is 9.59 Å². The molecule has 5 nitrogen and oxygen atoms in total. The summed E-state index contributed by atoms with van der Waals surface area (Å²) >= 11 is 0. The van der Waals surface area contributed by atoms with Crippen LogP contribution in [0.15, 0.2) is 97.1 Å². The molecule has 8 rings (SSSR count). The minimum absolute atomic E-state index is 0.341. The van der Waals surface area contributed by atoms with Crippen LogP contribution in [0.2, 0.25) is 0 Å². The van der Waals surface area contributed by atoms with Gasteiger partial charge in [0.2, 0.25) is 0 Å². The fourth-order valence-corrected chi connectivity index (χ4v) is 6.31. The first-order valence-electron chi connectivity index (χ1n) is 12.6. The van der Waals surface area contributed by atoms with Crippen LogP contribution < -0.4 is 9.47 Å². The number of hydrogen-bond donors (Lipinski definition) is 0. The van der Waals surface area contributed by atoms with Crippen molar-refractivity contribution in [3.63, 3.8) is 0 Å². The Morgan fingerprint density at radius 2 is 0.946 bits per heavy atom. The van der Waals surface area contributed by atoms with Gasteiger partial charge in [0.25, 0.3) is 0 Å². The van der Waals surface area contributed by atoms with E-state index in [9.17, 15) is 9.59 Å². The second kappa shape index (κ2) is 8.63. The Morgan fingerprint density at radius 1 is 0.541 bits per heavy atom. The molecule has 182 valence electrons. The predicted molar refractivity (Wildman–Crippen MR) is 136 cm³/mol. The molecule has 1 aliphatic heterocycles. The second-order valence-electron chi connectivity index (χ2n) is 9.81. The zero-order valence-electron chi connectivity index (χ0n) is 20.0. The van der Waals surface area contributed by atoms with E-state index < -0.39 is 23.8 Å². The first-order valence-corrected chi connectivity index (χ1v) is 12.6. The van der Waals surface area contributed by atoms with Crippen LogP contribution in [0.25, 0.3) is 0 Å². The highest BCUT2D eigenvalue weighted by Gasteiger charge is 2.62. The van der Waals surface area contributed by atoms with Gasteiger partial charge in [0, 0.05) is 23.0 Å². The average Bonchev–Trinajstić information content (AvgIpc) is 3.26. The molecule has 0 spiro atoms. The van der Waals surface area contributed by atoms with E-state index in [1.54, 1.807) is 0 Å². The third kappa shape index (κ3) is 3.45. The highest BCUT2D eigenvalue weighted by molar-refractivity contribution is 6.00. The smallest absolute Gasteiger partial charge is 0.318 e. The molecular formula is C32H24O5. The predicted octanol–water partition coefficient (Wildman–Crippen LogP) is 5.75. The van der Waals surface area contributed by atoms with Crippen LogP contribution >= 0.6 is 0 Å². The van der Waals surface area contributed by atoms with Gasteiger partial charge < -0.3 is 14.2 Å². The quantitative estimate of drug-likeness (QED) is 0.255. The van der Waals surface area contributed by atoms with Crippen molar-refractivity contribution in [2.45, 2.75) is 25.0 Å². The van der Waals surface area contributed by atoms with E-state index in [0.717, 1.165) is 33.4 Å². The van der Waals surface area contributed by atoms with Crippen molar-refractivity contribution in [1.82, 2.24) is 0 Å². The Hall–Kier alpha value is -4.38. The monoisotopic (exact) mass is 488 g/mol. The van der Waals surface area contributed by atoms with Crippen LogP contribution in [-0.2, 0) is 27.5 Å². The lowest BCUT2D eigenvalue weighted by Crippen LogP contribution is -2.42. The molecule has 0 amide bonds. The molecule has 4 atom stereocenters.